The Hall–Kier alpha value is -0.0400. The lowest BCUT2D eigenvalue weighted by molar-refractivity contribution is 0.178. The van der Waals surface area contributed by atoms with E-state index in [2.05, 4.69) is 27.7 Å². The van der Waals surface area contributed by atoms with E-state index in [1.165, 1.54) is 51.4 Å². The van der Waals surface area contributed by atoms with Gasteiger partial charge in [-0.15, -0.1) is 0 Å². The summed E-state index contributed by atoms with van der Waals surface area (Å²) in [5, 5.41) is 9.24. The predicted octanol–water partition coefficient (Wildman–Crippen LogP) is 5.81. The Labute approximate surface area is 122 Å². The fraction of sp³-hybridized carbons (Fsp3) is 1.00. The van der Waals surface area contributed by atoms with Crippen molar-refractivity contribution in [3.8, 4) is 0 Å². The van der Waals surface area contributed by atoms with Gasteiger partial charge in [0.25, 0.3) is 0 Å². The van der Waals surface area contributed by atoms with Crippen LogP contribution in [0, 0.1) is 17.8 Å². The summed E-state index contributed by atoms with van der Waals surface area (Å²) >= 11 is 0. The van der Waals surface area contributed by atoms with E-state index in [-0.39, 0.29) is 6.10 Å². The van der Waals surface area contributed by atoms with Crippen molar-refractivity contribution in [1.82, 2.24) is 0 Å². The second kappa shape index (κ2) is 11.8. The fourth-order valence-corrected chi connectivity index (χ4v) is 2.74. The molecule has 0 saturated heterocycles. The van der Waals surface area contributed by atoms with Crippen molar-refractivity contribution in [1.29, 1.82) is 0 Å². The number of aliphatic hydroxyl groups excluding tert-OH is 1. The summed E-state index contributed by atoms with van der Waals surface area (Å²) in [7, 11) is 0. The third-order valence-electron chi connectivity index (χ3n) is 4.19. The molecule has 0 aromatic carbocycles. The number of hydrogen-bond donors (Lipinski definition) is 1. The molecule has 0 aliphatic heterocycles. The van der Waals surface area contributed by atoms with Crippen molar-refractivity contribution in [2.24, 2.45) is 17.8 Å². The molecular formula is C18H38O. The first-order chi connectivity index (χ1) is 8.91. The summed E-state index contributed by atoms with van der Waals surface area (Å²) in [5.41, 5.74) is 0. The van der Waals surface area contributed by atoms with Gasteiger partial charge in [0.1, 0.15) is 0 Å². The summed E-state index contributed by atoms with van der Waals surface area (Å²) in [6.45, 7) is 11.3. The van der Waals surface area contributed by atoms with E-state index in [0.29, 0.717) is 0 Å². The second-order valence-corrected chi connectivity index (χ2v) is 7.25. The third kappa shape index (κ3) is 14.2. The quantitative estimate of drug-likeness (QED) is 0.474. The number of aliphatic hydroxyl groups is 1. The molecule has 1 N–H and O–H groups in total. The minimum absolute atomic E-state index is 0.117. The van der Waals surface area contributed by atoms with Crippen LogP contribution in [0.4, 0.5) is 0 Å². The molecule has 0 radical (unpaired) electrons. The Kier molecular flexibility index (Phi) is 11.7. The highest BCUT2D eigenvalue weighted by Crippen LogP contribution is 2.21. The lowest BCUT2D eigenvalue weighted by Crippen LogP contribution is -2.03. The Balaban J connectivity index is 3.40. The van der Waals surface area contributed by atoms with E-state index in [1.807, 2.05) is 6.92 Å². The van der Waals surface area contributed by atoms with Crippen LogP contribution in [0.2, 0.25) is 0 Å². The van der Waals surface area contributed by atoms with E-state index in [0.717, 1.165) is 24.2 Å². The maximum atomic E-state index is 9.24. The van der Waals surface area contributed by atoms with Crippen molar-refractivity contribution in [2.45, 2.75) is 98.5 Å². The van der Waals surface area contributed by atoms with Crippen LogP contribution in [0.25, 0.3) is 0 Å². The average molecular weight is 271 g/mol. The van der Waals surface area contributed by atoms with Crippen LogP contribution >= 0.6 is 0 Å². The average Bonchev–Trinajstić information content (AvgIpc) is 2.27. The summed E-state index contributed by atoms with van der Waals surface area (Å²) in [5.74, 6) is 2.60. The van der Waals surface area contributed by atoms with Crippen LogP contribution in [0.5, 0.6) is 0 Å². The van der Waals surface area contributed by atoms with Gasteiger partial charge in [-0.2, -0.15) is 0 Å². The van der Waals surface area contributed by atoms with Gasteiger partial charge in [-0.1, -0.05) is 79.1 Å². The summed E-state index contributed by atoms with van der Waals surface area (Å²) < 4.78 is 0. The van der Waals surface area contributed by atoms with E-state index >= 15 is 0 Å². The van der Waals surface area contributed by atoms with Crippen LogP contribution in [0.15, 0.2) is 0 Å². The van der Waals surface area contributed by atoms with Crippen molar-refractivity contribution < 1.29 is 5.11 Å². The SMILES string of the molecule is CC(C)CCCC(C)CCC[C@@H](C)CCCC(C)O. The zero-order valence-corrected chi connectivity index (χ0v) is 14.1. The first kappa shape index (κ1) is 19.0. The Morgan fingerprint density at radius 3 is 1.32 bits per heavy atom. The molecule has 0 bridgehead atoms. The van der Waals surface area contributed by atoms with Gasteiger partial charge in [0, 0.05) is 0 Å². The molecular weight excluding hydrogens is 232 g/mol. The monoisotopic (exact) mass is 270 g/mol. The largest absolute Gasteiger partial charge is 0.393 e. The normalized spacial score (nSPS) is 16.6. The van der Waals surface area contributed by atoms with E-state index in [9.17, 15) is 5.11 Å². The highest BCUT2D eigenvalue weighted by Gasteiger charge is 2.07. The Bertz CT molecular complexity index is 166. The van der Waals surface area contributed by atoms with E-state index in [1.54, 1.807) is 0 Å². The van der Waals surface area contributed by atoms with Gasteiger partial charge >= 0.3 is 0 Å². The molecule has 3 atom stereocenters. The molecule has 0 heterocycles. The molecule has 19 heavy (non-hydrogen) atoms. The van der Waals surface area contributed by atoms with Crippen molar-refractivity contribution >= 4 is 0 Å². The van der Waals surface area contributed by atoms with E-state index < -0.39 is 0 Å². The molecule has 1 nitrogen and oxygen atoms in total. The zero-order chi connectivity index (χ0) is 14.7. The van der Waals surface area contributed by atoms with Gasteiger partial charge in [-0.25, -0.2) is 0 Å². The summed E-state index contributed by atoms with van der Waals surface area (Å²) in [4.78, 5) is 0. The molecule has 0 rings (SSSR count). The smallest absolute Gasteiger partial charge is 0.0512 e. The Morgan fingerprint density at radius 1 is 0.579 bits per heavy atom. The molecule has 0 fully saturated rings. The maximum absolute atomic E-state index is 9.24. The minimum Gasteiger partial charge on any atom is -0.393 e. The predicted molar refractivity (Wildman–Crippen MR) is 86.4 cm³/mol. The molecule has 0 spiro atoms. The van der Waals surface area contributed by atoms with Gasteiger partial charge < -0.3 is 5.11 Å². The highest BCUT2D eigenvalue weighted by atomic mass is 16.3. The first-order valence-electron chi connectivity index (χ1n) is 8.59. The molecule has 0 aliphatic rings. The van der Waals surface area contributed by atoms with Gasteiger partial charge in [-0.3, -0.25) is 0 Å². The number of rotatable bonds is 12. The molecule has 0 saturated carbocycles. The molecule has 0 amide bonds. The summed E-state index contributed by atoms with van der Waals surface area (Å²) in [6, 6.07) is 0. The third-order valence-corrected chi connectivity index (χ3v) is 4.19. The van der Waals surface area contributed by atoms with Crippen LogP contribution in [-0.2, 0) is 0 Å². The molecule has 0 aromatic rings. The molecule has 0 aromatic heterocycles. The minimum atomic E-state index is -0.117. The molecule has 2 unspecified atom stereocenters. The zero-order valence-electron chi connectivity index (χ0n) is 14.1. The van der Waals surface area contributed by atoms with Crippen molar-refractivity contribution in [3.63, 3.8) is 0 Å². The lowest BCUT2D eigenvalue weighted by Gasteiger charge is -2.15. The van der Waals surface area contributed by atoms with E-state index in [4.69, 9.17) is 0 Å². The van der Waals surface area contributed by atoms with Gasteiger partial charge in [0.05, 0.1) is 6.10 Å². The topological polar surface area (TPSA) is 20.2 Å². The first-order valence-corrected chi connectivity index (χ1v) is 8.59. The highest BCUT2D eigenvalue weighted by molar-refractivity contribution is 4.60. The van der Waals surface area contributed by atoms with Crippen molar-refractivity contribution in [3.05, 3.63) is 0 Å². The van der Waals surface area contributed by atoms with Crippen LogP contribution in [-0.4, -0.2) is 11.2 Å². The van der Waals surface area contributed by atoms with Crippen molar-refractivity contribution in [2.75, 3.05) is 0 Å². The van der Waals surface area contributed by atoms with Crippen LogP contribution in [0.3, 0.4) is 0 Å². The standard InChI is InChI=1S/C18H38O/c1-15(2)9-6-10-16(3)11-7-12-17(4)13-8-14-18(5)19/h15-19H,6-14H2,1-5H3/t16?,17-,18?/m1/s1. The molecule has 116 valence electrons. The number of hydrogen-bond acceptors (Lipinski definition) is 1. The van der Waals surface area contributed by atoms with Gasteiger partial charge in [0.15, 0.2) is 0 Å². The van der Waals surface area contributed by atoms with Crippen LogP contribution < -0.4 is 0 Å². The molecule has 1 heteroatoms. The summed E-state index contributed by atoms with van der Waals surface area (Å²) in [6.07, 6.45) is 11.7. The van der Waals surface area contributed by atoms with Gasteiger partial charge in [-0.05, 0) is 31.1 Å². The lowest BCUT2D eigenvalue weighted by atomic mass is 9.92. The Morgan fingerprint density at radius 2 is 0.947 bits per heavy atom. The fourth-order valence-electron chi connectivity index (χ4n) is 2.74. The molecule has 0 aliphatic carbocycles. The maximum Gasteiger partial charge on any atom is 0.0512 e. The second-order valence-electron chi connectivity index (χ2n) is 7.25. The van der Waals surface area contributed by atoms with Gasteiger partial charge in [0.2, 0.25) is 0 Å². The van der Waals surface area contributed by atoms with Crippen LogP contribution in [0.1, 0.15) is 92.4 Å².